The van der Waals surface area contributed by atoms with Crippen LogP contribution in [-0.2, 0) is 21.2 Å². The fourth-order valence-electron chi connectivity index (χ4n) is 2.75. The Balaban J connectivity index is 2.07. The Hall–Kier alpha value is -2.58. The van der Waals surface area contributed by atoms with Crippen molar-refractivity contribution in [3.05, 3.63) is 48.0 Å². The molecule has 0 atom stereocenters. The van der Waals surface area contributed by atoms with Gasteiger partial charge in [0.15, 0.2) is 0 Å². The van der Waals surface area contributed by atoms with Crippen molar-refractivity contribution in [2.45, 2.75) is 44.0 Å². The molecule has 0 saturated carbocycles. The van der Waals surface area contributed by atoms with E-state index in [9.17, 15) is 13.2 Å². The molecule has 0 aromatic heterocycles. The minimum absolute atomic E-state index is 0.0969. The van der Waals surface area contributed by atoms with Gasteiger partial charge in [-0.15, -0.1) is 0 Å². The second-order valence-corrected chi connectivity index (χ2v) is 9.29. The number of benzene rings is 2. The molecule has 2 N–H and O–H groups in total. The lowest BCUT2D eigenvalue weighted by Crippen LogP contribution is -2.40. The van der Waals surface area contributed by atoms with Gasteiger partial charge in [-0.1, -0.05) is 6.07 Å². The maximum absolute atomic E-state index is 12.5. The molecule has 1 amide bonds. The molecule has 2 aromatic carbocycles. The minimum Gasteiger partial charge on any atom is -0.497 e. The average molecular weight is 421 g/mol. The Morgan fingerprint density at radius 2 is 1.76 bits per heavy atom. The number of ether oxygens (including phenoxy) is 2. The van der Waals surface area contributed by atoms with Crippen molar-refractivity contribution in [2.75, 3.05) is 19.5 Å². The summed E-state index contributed by atoms with van der Waals surface area (Å²) in [5.74, 6) is 1.14. The highest BCUT2D eigenvalue weighted by Gasteiger charge is 2.22. The summed E-state index contributed by atoms with van der Waals surface area (Å²) in [6.07, 6.45) is 0.663. The molecule has 29 heavy (non-hydrogen) atoms. The first kappa shape index (κ1) is 22.7. The Bertz CT molecular complexity index is 965. The minimum atomic E-state index is -3.68. The van der Waals surface area contributed by atoms with Gasteiger partial charge in [0.2, 0.25) is 15.9 Å². The second kappa shape index (κ2) is 9.28. The molecular weight excluding hydrogens is 392 g/mol. The molecule has 0 fully saturated rings. The smallest absolute Gasteiger partial charge is 0.241 e. The van der Waals surface area contributed by atoms with Crippen LogP contribution in [0.4, 0.5) is 5.69 Å². The summed E-state index contributed by atoms with van der Waals surface area (Å²) in [4.78, 5) is 12.5. The van der Waals surface area contributed by atoms with E-state index in [1.807, 2.05) is 6.07 Å². The fraction of sp³-hybridized carbons (Fsp3) is 0.381. The van der Waals surface area contributed by atoms with Gasteiger partial charge < -0.3 is 14.8 Å². The zero-order valence-corrected chi connectivity index (χ0v) is 18.2. The molecule has 0 aliphatic rings. The van der Waals surface area contributed by atoms with Crippen molar-refractivity contribution in [2.24, 2.45) is 0 Å². The van der Waals surface area contributed by atoms with Crippen LogP contribution in [0.5, 0.6) is 11.5 Å². The van der Waals surface area contributed by atoms with Crippen LogP contribution < -0.4 is 19.5 Å². The Morgan fingerprint density at radius 3 is 2.38 bits per heavy atom. The first-order valence-electron chi connectivity index (χ1n) is 9.19. The van der Waals surface area contributed by atoms with Gasteiger partial charge in [-0.05, 0) is 69.2 Å². The van der Waals surface area contributed by atoms with Crippen LogP contribution >= 0.6 is 0 Å². The summed E-state index contributed by atoms with van der Waals surface area (Å²) in [5, 5.41) is 2.75. The molecule has 158 valence electrons. The molecule has 8 heteroatoms. The van der Waals surface area contributed by atoms with Gasteiger partial charge in [-0.3, -0.25) is 4.79 Å². The first-order valence-corrected chi connectivity index (χ1v) is 10.7. The highest BCUT2D eigenvalue weighted by Crippen LogP contribution is 2.25. The van der Waals surface area contributed by atoms with E-state index in [0.29, 0.717) is 23.6 Å². The number of anilines is 1. The lowest BCUT2D eigenvalue weighted by Gasteiger charge is -2.20. The summed E-state index contributed by atoms with van der Waals surface area (Å²) in [6, 6.07) is 11.6. The molecule has 0 saturated heterocycles. The van der Waals surface area contributed by atoms with Crippen molar-refractivity contribution in [1.82, 2.24) is 4.72 Å². The van der Waals surface area contributed by atoms with Gasteiger partial charge in [0.1, 0.15) is 11.5 Å². The molecule has 0 spiro atoms. The molecule has 0 radical (unpaired) electrons. The predicted molar refractivity (Wildman–Crippen MR) is 113 cm³/mol. The first-order chi connectivity index (χ1) is 13.5. The summed E-state index contributed by atoms with van der Waals surface area (Å²) in [6.45, 7) is 5.30. The van der Waals surface area contributed by atoms with E-state index in [-0.39, 0.29) is 17.2 Å². The van der Waals surface area contributed by atoms with Gasteiger partial charge in [0.25, 0.3) is 0 Å². The molecule has 7 nitrogen and oxygen atoms in total. The maximum Gasteiger partial charge on any atom is 0.241 e. The summed E-state index contributed by atoms with van der Waals surface area (Å²) in [5.41, 5.74) is 0.672. The van der Waals surface area contributed by atoms with Crippen LogP contribution in [0.15, 0.2) is 47.4 Å². The highest BCUT2D eigenvalue weighted by atomic mass is 32.2. The van der Waals surface area contributed by atoms with Crippen LogP contribution in [0, 0.1) is 0 Å². The Morgan fingerprint density at radius 1 is 1.03 bits per heavy atom. The zero-order valence-electron chi connectivity index (χ0n) is 17.4. The van der Waals surface area contributed by atoms with E-state index in [4.69, 9.17) is 9.47 Å². The van der Waals surface area contributed by atoms with Crippen LogP contribution in [0.2, 0.25) is 0 Å². The normalized spacial score (nSPS) is 11.8. The number of nitrogens with one attached hydrogen (secondary N) is 2. The van der Waals surface area contributed by atoms with Gasteiger partial charge in [0.05, 0.1) is 19.1 Å². The Kier molecular flexibility index (Phi) is 7.26. The van der Waals surface area contributed by atoms with E-state index in [2.05, 4.69) is 10.0 Å². The Labute approximate surface area is 172 Å². The maximum atomic E-state index is 12.5. The largest absolute Gasteiger partial charge is 0.497 e. The molecular formula is C21H28N2O5S. The highest BCUT2D eigenvalue weighted by molar-refractivity contribution is 7.89. The van der Waals surface area contributed by atoms with Crippen molar-refractivity contribution >= 4 is 21.6 Å². The van der Waals surface area contributed by atoms with E-state index < -0.39 is 15.6 Å². The van der Waals surface area contributed by atoms with E-state index in [1.54, 1.807) is 59.3 Å². The van der Waals surface area contributed by atoms with Crippen molar-refractivity contribution in [1.29, 1.82) is 0 Å². The number of rotatable bonds is 8. The average Bonchev–Trinajstić information content (AvgIpc) is 2.64. The third-order valence-electron chi connectivity index (χ3n) is 3.98. The number of amides is 1. The van der Waals surface area contributed by atoms with Crippen LogP contribution in [-0.4, -0.2) is 34.1 Å². The molecule has 0 aliphatic carbocycles. The fourth-order valence-corrected chi connectivity index (χ4v) is 4.22. The van der Waals surface area contributed by atoms with Gasteiger partial charge in [-0.25, -0.2) is 13.1 Å². The van der Waals surface area contributed by atoms with Crippen molar-refractivity contribution < 1.29 is 22.7 Å². The molecule has 2 aromatic rings. The van der Waals surface area contributed by atoms with Crippen LogP contribution in [0.3, 0.4) is 0 Å². The number of carbonyl (C=O) groups is 1. The monoisotopic (exact) mass is 420 g/mol. The molecule has 0 bridgehead atoms. The van der Waals surface area contributed by atoms with Gasteiger partial charge >= 0.3 is 0 Å². The number of methoxy groups -OCH3 is 2. The van der Waals surface area contributed by atoms with E-state index >= 15 is 0 Å². The zero-order chi connectivity index (χ0) is 21.7. The topological polar surface area (TPSA) is 93.7 Å². The number of aryl methyl sites for hydroxylation is 1. The van der Waals surface area contributed by atoms with Crippen LogP contribution in [0.1, 0.15) is 32.8 Å². The predicted octanol–water partition coefficient (Wildman–Crippen LogP) is 3.35. The lowest BCUT2D eigenvalue weighted by molar-refractivity contribution is -0.116. The summed E-state index contributed by atoms with van der Waals surface area (Å²) >= 11 is 0. The van der Waals surface area contributed by atoms with Crippen molar-refractivity contribution in [3.8, 4) is 11.5 Å². The number of carbonyl (C=O) groups excluding carboxylic acids is 1. The summed E-state index contributed by atoms with van der Waals surface area (Å²) < 4.78 is 38.1. The van der Waals surface area contributed by atoms with E-state index in [1.165, 1.54) is 12.1 Å². The third kappa shape index (κ3) is 6.76. The number of sulfonamides is 1. The van der Waals surface area contributed by atoms with E-state index in [0.717, 1.165) is 5.56 Å². The standard InChI is InChI=1S/C21H28N2O5S/c1-21(2,3)23-29(25,26)18-8-6-7-16(14-18)22-20(24)12-9-15-13-17(27-4)10-11-19(15)28-5/h6-8,10-11,13-14,23H,9,12H2,1-5H3,(H,22,24). The SMILES string of the molecule is COc1ccc(OC)c(CCC(=O)Nc2cccc(S(=O)(=O)NC(C)(C)C)c2)c1. The number of hydrogen-bond donors (Lipinski definition) is 2. The van der Waals surface area contributed by atoms with Gasteiger partial charge in [0, 0.05) is 17.6 Å². The number of hydrogen-bond acceptors (Lipinski definition) is 5. The molecule has 0 aliphatic heterocycles. The quantitative estimate of drug-likeness (QED) is 0.683. The van der Waals surface area contributed by atoms with Crippen LogP contribution in [0.25, 0.3) is 0 Å². The summed E-state index contributed by atoms with van der Waals surface area (Å²) in [7, 11) is -0.530. The second-order valence-electron chi connectivity index (χ2n) is 7.61. The molecule has 0 unspecified atom stereocenters. The third-order valence-corrected chi connectivity index (χ3v) is 5.73. The lowest BCUT2D eigenvalue weighted by atomic mass is 10.1. The molecule has 2 rings (SSSR count). The van der Waals surface area contributed by atoms with Gasteiger partial charge in [-0.2, -0.15) is 0 Å². The molecule has 0 heterocycles. The van der Waals surface area contributed by atoms with Crippen molar-refractivity contribution in [3.63, 3.8) is 0 Å².